The van der Waals surface area contributed by atoms with Gasteiger partial charge in [-0.15, -0.1) is 0 Å². The molecule has 0 fully saturated rings. The van der Waals surface area contributed by atoms with Gasteiger partial charge in [0.2, 0.25) is 0 Å². The Morgan fingerprint density at radius 1 is 1.55 bits per heavy atom. The zero-order valence-electron chi connectivity index (χ0n) is 10.5. The van der Waals surface area contributed by atoms with Crippen LogP contribution in [0.3, 0.4) is 0 Å². The lowest BCUT2D eigenvalue weighted by atomic mass is 10.2. The highest BCUT2D eigenvalue weighted by Crippen LogP contribution is 2.20. The molecule has 104 valence electrons. The molecule has 2 aromatic rings. The highest BCUT2D eigenvalue weighted by molar-refractivity contribution is 14.1. The summed E-state index contributed by atoms with van der Waals surface area (Å²) < 4.78 is 2.32. The number of aryl methyl sites for hydroxylation is 1. The van der Waals surface area contributed by atoms with Gasteiger partial charge in [-0.3, -0.25) is 19.6 Å². The summed E-state index contributed by atoms with van der Waals surface area (Å²) in [5.74, 6) is -0.395. The number of hydrogen-bond donors (Lipinski definition) is 1. The van der Waals surface area contributed by atoms with Crippen molar-refractivity contribution in [2.24, 2.45) is 0 Å². The number of carbonyl (C=O) groups is 1. The van der Waals surface area contributed by atoms with Gasteiger partial charge in [0, 0.05) is 28.4 Å². The van der Waals surface area contributed by atoms with E-state index in [0.29, 0.717) is 15.8 Å². The molecule has 0 atom stereocenters. The van der Waals surface area contributed by atoms with Gasteiger partial charge in [0.15, 0.2) is 0 Å². The molecule has 8 heteroatoms. The van der Waals surface area contributed by atoms with Crippen LogP contribution in [0.4, 0.5) is 11.4 Å². The molecule has 2 rings (SSSR count). The minimum absolute atomic E-state index is 0.111. The third-order valence-electron chi connectivity index (χ3n) is 2.62. The summed E-state index contributed by atoms with van der Waals surface area (Å²) in [5, 5.41) is 17.5. The first-order valence-electron chi connectivity index (χ1n) is 5.79. The van der Waals surface area contributed by atoms with Gasteiger partial charge in [0.1, 0.15) is 0 Å². The minimum atomic E-state index is -0.526. The molecule has 0 aliphatic heterocycles. The average molecular weight is 386 g/mol. The highest BCUT2D eigenvalue weighted by atomic mass is 127. The van der Waals surface area contributed by atoms with E-state index >= 15 is 0 Å². The fourth-order valence-electron chi connectivity index (χ4n) is 1.60. The van der Waals surface area contributed by atoms with Crippen LogP contribution in [-0.2, 0) is 6.54 Å². The van der Waals surface area contributed by atoms with Crippen LogP contribution in [-0.4, -0.2) is 20.6 Å². The van der Waals surface area contributed by atoms with Gasteiger partial charge in [-0.05, 0) is 35.6 Å². The Morgan fingerprint density at radius 3 is 2.90 bits per heavy atom. The number of aromatic nitrogens is 2. The van der Waals surface area contributed by atoms with Crippen LogP contribution in [0.5, 0.6) is 0 Å². The van der Waals surface area contributed by atoms with Crippen molar-refractivity contribution in [1.29, 1.82) is 0 Å². The number of rotatable bonds is 4. The van der Waals surface area contributed by atoms with E-state index in [1.807, 2.05) is 29.5 Å². The van der Waals surface area contributed by atoms with Crippen molar-refractivity contribution in [3.8, 4) is 0 Å². The number of hydrogen-bond acceptors (Lipinski definition) is 4. The number of anilines is 1. The standard InChI is InChI=1S/C12H11IN4O3/c1-2-16-7-8(6-14-16)15-12(18)10-5-9(17(19)20)3-4-11(10)13/h3-7H,2H2,1H3,(H,15,18). The number of non-ortho nitro benzene ring substituents is 1. The van der Waals surface area contributed by atoms with Crippen molar-refractivity contribution in [3.63, 3.8) is 0 Å². The van der Waals surface area contributed by atoms with Crippen LogP contribution in [0.2, 0.25) is 0 Å². The number of nitrogens with one attached hydrogen (secondary N) is 1. The summed E-state index contributed by atoms with van der Waals surface area (Å²) >= 11 is 1.97. The number of amides is 1. The minimum Gasteiger partial charge on any atom is -0.319 e. The summed E-state index contributed by atoms with van der Waals surface area (Å²) in [5.41, 5.74) is 0.711. The van der Waals surface area contributed by atoms with Crippen LogP contribution < -0.4 is 5.32 Å². The van der Waals surface area contributed by atoms with Crippen molar-refractivity contribution in [3.05, 3.63) is 49.8 Å². The number of nitro benzene ring substituents is 1. The fourth-order valence-corrected chi connectivity index (χ4v) is 2.18. The predicted molar refractivity (Wildman–Crippen MR) is 81.7 cm³/mol. The normalized spacial score (nSPS) is 10.3. The van der Waals surface area contributed by atoms with Crippen LogP contribution in [0.1, 0.15) is 17.3 Å². The van der Waals surface area contributed by atoms with Crippen molar-refractivity contribution in [2.75, 3.05) is 5.32 Å². The molecule has 0 saturated carbocycles. The van der Waals surface area contributed by atoms with Crippen LogP contribution in [0.15, 0.2) is 30.6 Å². The number of nitrogens with zero attached hydrogens (tertiary/aromatic N) is 3. The molecule has 0 bridgehead atoms. The van der Waals surface area contributed by atoms with E-state index in [-0.39, 0.29) is 11.3 Å². The maximum atomic E-state index is 12.1. The lowest BCUT2D eigenvalue weighted by Gasteiger charge is -2.04. The van der Waals surface area contributed by atoms with Crippen LogP contribution in [0, 0.1) is 13.7 Å². The molecule has 1 heterocycles. The second-order valence-electron chi connectivity index (χ2n) is 3.96. The van der Waals surface area contributed by atoms with Crippen LogP contribution in [0.25, 0.3) is 0 Å². The second kappa shape index (κ2) is 5.99. The maximum Gasteiger partial charge on any atom is 0.270 e. The number of carbonyl (C=O) groups excluding carboxylic acids is 1. The molecule has 1 aromatic heterocycles. The zero-order valence-corrected chi connectivity index (χ0v) is 12.7. The third kappa shape index (κ3) is 3.13. The number of benzene rings is 1. The molecule has 0 unspecified atom stereocenters. The lowest BCUT2D eigenvalue weighted by Crippen LogP contribution is -2.13. The van der Waals surface area contributed by atoms with Gasteiger partial charge in [-0.25, -0.2) is 0 Å². The molecule has 20 heavy (non-hydrogen) atoms. The summed E-state index contributed by atoms with van der Waals surface area (Å²) in [6.07, 6.45) is 3.23. The van der Waals surface area contributed by atoms with Crippen molar-refractivity contribution in [1.82, 2.24) is 9.78 Å². The molecule has 0 aliphatic rings. The third-order valence-corrected chi connectivity index (χ3v) is 3.56. The summed E-state index contributed by atoms with van der Waals surface area (Å²) in [6, 6.07) is 4.18. The van der Waals surface area contributed by atoms with Gasteiger partial charge < -0.3 is 5.32 Å². The van der Waals surface area contributed by atoms with E-state index < -0.39 is 10.8 Å². The first kappa shape index (κ1) is 14.4. The van der Waals surface area contributed by atoms with Crippen molar-refractivity contribution >= 4 is 39.9 Å². The molecule has 0 saturated heterocycles. The van der Waals surface area contributed by atoms with Gasteiger partial charge >= 0.3 is 0 Å². The molecule has 1 N–H and O–H groups in total. The van der Waals surface area contributed by atoms with E-state index in [9.17, 15) is 14.9 Å². The van der Waals surface area contributed by atoms with Crippen molar-refractivity contribution < 1.29 is 9.72 Å². The van der Waals surface area contributed by atoms with Gasteiger partial charge in [0.05, 0.1) is 22.4 Å². The quantitative estimate of drug-likeness (QED) is 0.497. The van der Waals surface area contributed by atoms with Gasteiger partial charge in [-0.2, -0.15) is 5.10 Å². The molecule has 0 aliphatic carbocycles. The maximum absolute atomic E-state index is 12.1. The summed E-state index contributed by atoms with van der Waals surface area (Å²) in [7, 11) is 0. The Bertz CT molecular complexity index is 668. The Labute approximate surface area is 128 Å². The number of nitro groups is 1. The van der Waals surface area contributed by atoms with Gasteiger partial charge in [-0.1, -0.05) is 0 Å². The number of halogens is 1. The van der Waals surface area contributed by atoms with Gasteiger partial charge in [0.25, 0.3) is 11.6 Å². The van der Waals surface area contributed by atoms with Crippen LogP contribution >= 0.6 is 22.6 Å². The molecule has 7 nitrogen and oxygen atoms in total. The molecule has 0 radical (unpaired) electrons. The van der Waals surface area contributed by atoms with E-state index in [4.69, 9.17) is 0 Å². The van der Waals surface area contributed by atoms with Crippen molar-refractivity contribution in [2.45, 2.75) is 13.5 Å². The lowest BCUT2D eigenvalue weighted by molar-refractivity contribution is -0.384. The monoisotopic (exact) mass is 386 g/mol. The Kier molecular flexibility index (Phi) is 4.32. The first-order chi connectivity index (χ1) is 9.51. The largest absolute Gasteiger partial charge is 0.319 e. The molecule has 1 aromatic carbocycles. The Hall–Kier alpha value is -1.97. The second-order valence-corrected chi connectivity index (χ2v) is 5.12. The van der Waals surface area contributed by atoms with E-state index in [1.54, 1.807) is 16.9 Å². The smallest absolute Gasteiger partial charge is 0.270 e. The molecular formula is C12H11IN4O3. The first-order valence-corrected chi connectivity index (χ1v) is 6.87. The predicted octanol–water partition coefficient (Wildman–Crippen LogP) is 2.67. The van der Waals surface area contributed by atoms with E-state index in [0.717, 1.165) is 0 Å². The topological polar surface area (TPSA) is 90.1 Å². The average Bonchev–Trinajstić information content (AvgIpc) is 2.86. The SMILES string of the molecule is CCn1cc(NC(=O)c2cc([N+](=O)[O-])ccc2I)cn1. The Balaban J connectivity index is 2.24. The fraction of sp³-hybridized carbons (Fsp3) is 0.167. The zero-order chi connectivity index (χ0) is 14.7. The molecular weight excluding hydrogens is 375 g/mol. The van der Waals surface area contributed by atoms with E-state index in [1.165, 1.54) is 18.3 Å². The molecule has 1 amide bonds. The summed E-state index contributed by atoms with van der Waals surface area (Å²) in [6.45, 7) is 2.63. The Morgan fingerprint density at radius 2 is 2.30 bits per heavy atom. The summed E-state index contributed by atoms with van der Waals surface area (Å²) in [4.78, 5) is 22.4. The molecule has 0 spiro atoms. The highest BCUT2D eigenvalue weighted by Gasteiger charge is 2.16. The van der Waals surface area contributed by atoms with E-state index in [2.05, 4.69) is 10.4 Å².